The molecule has 2 aromatic rings. The fourth-order valence-corrected chi connectivity index (χ4v) is 2.20. The molecular formula is C13H16BrN5O2. The van der Waals surface area contributed by atoms with Crippen LogP contribution in [-0.4, -0.2) is 25.5 Å². The highest BCUT2D eigenvalue weighted by Crippen LogP contribution is 2.25. The summed E-state index contributed by atoms with van der Waals surface area (Å²) in [4.78, 5) is 10.3. The summed E-state index contributed by atoms with van der Waals surface area (Å²) < 4.78 is 2.19. The second kappa shape index (κ2) is 5.90. The van der Waals surface area contributed by atoms with E-state index in [-0.39, 0.29) is 11.2 Å². The van der Waals surface area contributed by atoms with Gasteiger partial charge < -0.3 is 5.32 Å². The van der Waals surface area contributed by atoms with Crippen LogP contribution in [0, 0.1) is 10.1 Å². The average molecular weight is 354 g/mol. The lowest BCUT2D eigenvalue weighted by atomic mass is 10.1. The minimum absolute atomic E-state index is 0.00226. The molecule has 2 rings (SSSR count). The highest BCUT2D eigenvalue weighted by atomic mass is 79.9. The van der Waals surface area contributed by atoms with E-state index in [1.165, 1.54) is 12.1 Å². The van der Waals surface area contributed by atoms with E-state index in [0.717, 1.165) is 5.69 Å². The second-order valence-electron chi connectivity index (χ2n) is 5.65. The van der Waals surface area contributed by atoms with Crippen LogP contribution >= 0.6 is 15.9 Å². The van der Waals surface area contributed by atoms with E-state index in [0.29, 0.717) is 16.7 Å². The van der Waals surface area contributed by atoms with Gasteiger partial charge in [-0.05, 0) is 42.8 Å². The summed E-state index contributed by atoms with van der Waals surface area (Å²) in [5, 5.41) is 22.2. The summed E-state index contributed by atoms with van der Waals surface area (Å²) in [7, 11) is 0. The number of rotatable bonds is 4. The largest absolute Gasteiger partial charge is 0.306 e. The topological polar surface area (TPSA) is 85.9 Å². The molecule has 1 N–H and O–H groups in total. The Balaban J connectivity index is 2.20. The standard InChI is InChI=1S/C13H16BrN5O2/c1-13(2,3)15-7-9-8-18(17-16-9)12-5-4-10(19(20)21)6-11(12)14/h4-6,8,15H,7H2,1-3H3. The third-order valence-corrected chi connectivity index (χ3v) is 3.36. The molecule has 0 radical (unpaired) electrons. The molecule has 7 nitrogen and oxygen atoms in total. The van der Waals surface area contributed by atoms with Crippen molar-refractivity contribution in [2.75, 3.05) is 0 Å². The molecule has 0 saturated carbocycles. The summed E-state index contributed by atoms with van der Waals surface area (Å²) >= 11 is 3.32. The molecule has 0 spiro atoms. The van der Waals surface area contributed by atoms with Gasteiger partial charge in [-0.15, -0.1) is 5.10 Å². The number of hydrogen-bond donors (Lipinski definition) is 1. The molecule has 112 valence electrons. The molecule has 0 fully saturated rings. The third-order valence-electron chi connectivity index (χ3n) is 2.73. The predicted molar refractivity (Wildman–Crippen MR) is 82.3 cm³/mol. The Morgan fingerprint density at radius 3 is 2.71 bits per heavy atom. The summed E-state index contributed by atoms with van der Waals surface area (Å²) in [6, 6.07) is 4.52. The van der Waals surface area contributed by atoms with Crippen LogP contribution in [0.2, 0.25) is 0 Å². The Morgan fingerprint density at radius 2 is 2.14 bits per heavy atom. The first-order valence-electron chi connectivity index (χ1n) is 6.37. The normalized spacial score (nSPS) is 11.6. The Morgan fingerprint density at radius 1 is 1.43 bits per heavy atom. The molecule has 1 aromatic heterocycles. The van der Waals surface area contributed by atoms with Crippen molar-refractivity contribution in [1.82, 2.24) is 20.3 Å². The van der Waals surface area contributed by atoms with E-state index in [1.807, 2.05) is 0 Å². The number of benzene rings is 1. The Hall–Kier alpha value is -1.80. The van der Waals surface area contributed by atoms with Crippen LogP contribution in [0.3, 0.4) is 0 Å². The van der Waals surface area contributed by atoms with Crippen molar-refractivity contribution < 1.29 is 4.92 Å². The van der Waals surface area contributed by atoms with Crippen LogP contribution < -0.4 is 5.32 Å². The van der Waals surface area contributed by atoms with Crippen LogP contribution in [-0.2, 0) is 6.54 Å². The maximum Gasteiger partial charge on any atom is 0.270 e. The maximum atomic E-state index is 10.7. The van der Waals surface area contributed by atoms with Gasteiger partial charge in [0.15, 0.2) is 0 Å². The van der Waals surface area contributed by atoms with Crippen LogP contribution in [0.15, 0.2) is 28.9 Å². The molecule has 1 heterocycles. The van der Waals surface area contributed by atoms with Gasteiger partial charge in [-0.2, -0.15) is 0 Å². The number of nitro groups is 1. The highest BCUT2D eigenvalue weighted by molar-refractivity contribution is 9.10. The number of non-ortho nitro benzene ring substituents is 1. The monoisotopic (exact) mass is 353 g/mol. The highest BCUT2D eigenvalue weighted by Gasteiger charge is 2.13. The van der Waals surface area contributed by atoms with Gasteiger partial charge in [0, 0.05) is 24.2 Å². The minimum Gasteiger partial charge on any atom is -0.306 e. The first-order valence-corrected chi connectivity index (χ1v) is 7.16. The third kappa shape index (κ3) is 4.08. The summed E-state index contributed by atoms with van der Waals surface area (Å²) in [6.45, 7) is 6.83. The van der Waals surface area contributed by atoms with E-state index in [1.54, 1.807) is 16.9 Å². The molecule has 8 heteroatoms. The lowest BCUT2D eigenvalue weighted by molar-refractivity contribution is -0.384. The molecule has 0 aliphatic heterocycles. The van der Waals surface area contributed by atoms with Crippen molar-refractivity contribution >= 4 is 21.6 Å². The number of nitrogens with one attached hydrogen (secondary N) is 1. The van der Waals surface area contributed by atoms with Crippen LogP contribution in [0.5, 0.6) is 0 Å². The van der Waals surface area contributed by atoms with E-state index in [4.69, 9.17) is 0 Å². The number of aromatic nitrogens is 3. The minimum atomic E-state index is -0.436. The summed E-state index contributed by atoms with van der Waals surface area (Å²) in [5.74, 6) is 0. The van der Waals surface area contributed by atoms with Crippen LogP contribution in [0.25, 0.3) is 5.69 Å². The molecular weight excluding hydrogens is 338 g/mol. The van der Waals surface area contributed by atoms with Crippen LogP contribution in [0.1, 0.15) is 26.5 Å². The van der Waals surface area contributed by atoms with Crippen molar-refractivity contribution in [1.29, 1.82) is 0 Å². The van der Waals surface area contributed by atoms with Crippen LogP contribution in [0.4, 0.5) is 5.69 Å². The van der Waals surface area contributed by atoms with Gasteiger partial charge in [0.25, 0.3) is 5.69 Å². The summed E-state index contributed by atoms with van der Waals surface area (Å²) in [6.07, 6.45) is 1.80. The Bertz CT molecular complexity index is 663. The Kier molecular flexibility index (Phi) is 4.38. The van der Waals surface area contributed by atoms with Gasteiger partial charge in [-0.3, -0.25) is 10.1 Å². The number of nitrogens with zero attached hydrogens (tertiary/aromatic N) is 4. The van der Waals surface area contributed by atoms with Crippen molar-refractivity contribution in [2.24, 2.45) is 0 Å². The van der Waals surface area contributed by atoms with Crippen molar-refractivity contribution in [3.63, 3.8) is 0 Å². The number of nitro benzene ring substituents is 1. The van der Waals surface area contributed by atoms with Crippen molar-refractivity contribution in [2.45, 2.75) is 32.9 Å². The molecule has 0 unspecified atom stereocenters. The van der Waals surface area contributed by atoms with Gasteiger partial charge in [-0.1, -0.05) is 5.21 Å². The molecule has 21 heavy (non-hydrogen) atoms. The smallest absolute Gasteiger partial charge is 0.270 e. The lowest BCUT2D eigenvalue weighted by Crippen LogP contribution is -2.35. The zero-order valence-electron chi connectivity index (χ0n) is 12.0. The predicted octanol–water partition coefficient (Wildman–Crippen LogP) is 2.83. The van der Waals surface area contributed by atoms with Gasteiger partial charge in [0.2, 0.25) is 0 Å². The first-order chi connectivity index (χ1) is 9.76. The van der Waals surface area contributed by atoms with Crippen molar-refractivity contribution in [3.8, 4) is 5.69 Å². The molecule has 0 atom stereocenters. The van der Waals surface area contributed by atoms with E-state index in [2.05, 4.69) is 52.3 Å². The fraction of sp³-hybridized carbons (Fsp3) is 0.385. The average Bonchev–Trinajstić information content (AvgIpc) is 2.84. The van der Waals surface area contributed by atoms with Gasteiger partial charge in [-0.25, -0.2) is 4.68 Å². The molecule has 0 saturated heterocycles. The zero-order chi connectivity index (χ0) is 15.6. The SMILES string of the molecule is CC(C)(C)NCc1cn(-c2ccc([N+](=O)[O-])cc2Br)nn1. The molecule has 0 amide bonds. The molecule has 0 bridgehead atoms. The van der Waals surface area contributed by atoms with E-state index >= 15 is 0 Å². The van der Waals surface area contributed by atoms with Gasteiger partial charge in [0.1, 0.15) is 0 Å². The molecule has 0 aliphatic rings. The number of hydrogen-bond acceptors (Lipinski definition) is 5. The first kappa shape index (κ1) is 15.6. The van der Waals surface area contributed by atoms with E-state index < -0.39 is 4.92 Å². The van der Waals surface area contributed by atoms with Gasteiger partial charge >= 0.3 is 0 Å². The fourth-order valence-electron chi connectivity index (χ4n) is 1.65. The van der Waals surface area contributed by atoms with Gasteiger partial charge in [0.05, 0.1) is 27.0 Å². The lowest BCUT2D eigenvalue weighted by Gasteiger charge is -2.19. The summed E-state index contributed by atoms with van der Waals surface area (Å²) in [5.41, 5.74) is 1.53. The van der Waals surface area contributed by atoms with E-state index in [9.17, 15) is 10.1 Å². The zero-order valence-corrected chi connectivity index (χ0v) is 13.6. The number of halogens is 1. The maximum absolute atomic E-state index is 10.7. The molecule has 0 aliphatic carbocycles. The molecule has 1 aromatic carbocycles. The van der Waals surface area contributed by atoms with Crippen molar-refractivity contribution in [3.05, 3.63) is 44.7 Å². The second-order valence-corrected chi connectivity index (χ2v) is 6.51. The quantitative estimate of drug-likeness (QED) is 0.674. The Labute approximate surface area is 130 Å².